The summed E-state index contributed by atoms with van der Waals surface area (Å²) in [6.45, 7) is 6.56. The monoisotopic (exact) mass is 283 g/mol. The van der Waals surface area contributed by atoms with Crippen molar-refractivity contribution in [2.24, 2.45) is 27.1 Å². The lowest BCUT2D eigenvalue weighted by Gasteiger charge is -2.30. The van der Waals surface area contributed by atoms with Gasteiger partial charge in [-0.25, -0.2) is 0 Å². The predicted molar refractivity (Wildman–Crippen MR) is 87.5 cm³/mol. The number of nitrogens with two attached hydrogens (primary N) is 2. The van der Waals surface area contributed by atoms with Crippen LogP contribution in [0.3, 0.4) is 0 Å². The minimum absolute atomic E-state index is 0.0107. The molecule has 3 rings (SSSR count). The van der Waals surface area contributed by atoms with Gasteiger partial charge in [0.15, 0.2) is 0 Å². The van der Waals surface area contributed by atoms with Gasteiger partial charge in [-0.05, 0) is 37.3 Å². The van der Waals surface area contributed by atoms with E-state index in [-0.39, 0.29) is 11.4 Å². The van der Waals surface area contributed by atoms with Gasteiger partial charge >= 0.3 is 0 Å². The Bertz CT molecular complexity index is 760. The van der Waals surface area contributed by atoms with E-state index >= 15 is 0 Å². The number of guanidine groups is 1. The van der Waals surface area contributed by atoms with E-state index in [0.29, 0.717) is 0 Å². The first-order valence-corrected chi connectivity index (χ1v) is 7.13. The smallest absolute Gasteiger partial charge is 0.211 e. The van der Waals surface area contributed by atoms with Gasteiger partial charge in [0.2, 0.25) is 5.96 Å². The summed E-state index contributed by atoms with van der Waals surface area (Å²) in [7, 11) is 0. The van der Waals surface area contributed by atoms with Crippen molar-refractivity contribution in [3.63, 3.8) is 0 Å². The zero-order valence-corrected chi connectivity index (χ0v) is 12.7. The SMILES string of the molecule is Cc1ccc2[nH]c3c(c2c1)/C(=N/N=C(N)N)CC(C)(C)C3. The summed E-state index contributed by atoms with van der Waals surface area (Å²) >= 11 is 0. The van der Waals surface area contributed by atoms with E-state index in [1.54, 1.807) is 0 Å². The Hall–Kier alpha value is -2.30. The van der Waals surface area contributed by atoms with Gasteiger partial charge in [-0.15, -0.1) is 5.10 Å². The lowest BCUT2D eigenvalue weighted by atomic mass is 9.75. The molecule has 0 fully saturated rings. The number of nitrogens with zero attached hydrogens (tertiary/aromatic N) is 2. The van der Waals surface area contributed by atoms with Crippen molar-refractivity contribution in [3.05, 3.63) is 35.0 Å². The molecule has 1 aromatic carbocycles. The molecule has 0 saturated heterocycles. The number of rotatable bonds is 1. The first-order valence-electron chi connectivity index (χ1n) is 7.13. The van der Waals surface area contributed by atoms with Gasteiger partial charge in [0.25, 0.3) is 0 Å². The predicted octanol–water partition coefficient (Wildman–Crippen LogP) is 2.43. The van der Waals surface area contributed by atoms with E-state index in [2.05, 4.69) is 54.2 Å². The molecule has 1 aliphatic rings. The van der Waals surface area contributed by atoms with Crippen LogP contribution in [0.5, 0.6) is 0 Å². The number of aromatic amines is 1. The summed E-state index contributed by atoms with van der Waals surface area (Å²) in [5.74, 6) is -0.0107. The van der Waals surface area contributed by atoms with Crippen LogP contribution in [0, 0.1) is 12.3 Å². The third-order valence-corrected chi connectivity index (χ3v) is 3.91. The summed E-state index contributed by atoms with van der Waals surface area (Å²) in [5.41, 5.74) is 16.7. The molecule has 1 aromatic heterocycles. The molecule has 5 nitrogen and oxygen atoms in total. The van der Waals surface area contributed by atoms with Crippen LogP contribution in [-0.2, 0) is 6.42 Å². The topological polar surface area (TPSA) is 92.5 Å². The molecular formula is C16H21N5. The minimum Gasteiger partial charge on any atom is -0.369 e. The van der Waals surface area contributed by atoms with Crippen molar-refractivity contribution in [1.29, 1.82) is 0 Å². The molecule has 0 spiro atoms. The molecular weight excluding hydrogens is 262 g/mol. The van der Waals surface area contributed by atoms with Gasteiger partial charge < -0.3 is 16.5 Å². The van der Waals surface area contributed by atoms with E-state index in [9.17, 15) is 0 Å². The first-order chi connectivity index (χ1) is 9.85. The maximum atomic E-state index is 5.42. The standard InChI is InChI=1S/C16H21N5/c1-9-4-5-11-10(6-9)14-12(19-11)7-16(2,3)8-13(14)20-21-15(17)18/h4-6,19H,7-8H2,1-3H3,(H4,17,18,21)/b20-13+. The molecule has 2 aromatic rings. The second-order valence-corrected chi connectivity index (χ2v) is 6.62. The quantitative estimate of drug-likeness (QED) is 0.426. The summed E-state index contributed by atoms with van der Waals surface area (Å²) in [6, 6.07) is 6.42. The Labute approximate surface area is 124 Å². The highest BCUT2D eigenvalue weighted by molar-refractivity contribution is 6.13. The first kappa shape index (κ1) is 13.7. The molecule has 0 amide bonds. The van der Waals surface area contributed by atoms with Crippen molar-refractivity contribution < 1.29 is 0 Å². The van der Waals surface area contributed by atoms with Crippen LogP contribution < -0.4 is 11.5 Å². The van der Waals surface area contributed by atoms with Crippen molar-refractivity contribution in [3.8, 4) is 0 Å². The zero-order valence-electron chi connectivity index (χ0n) is 12.7. The Morgan fingerprint density at radius 3 is 2.71 bits per heavy atom. The second-order valence-electron chi connectivity index (χ2n) is 6.62. The van der Waals surface area contributed by atoms with Crippen LogP contribution in [-0.4, -0.2) is 16.7 Å². The fourth-order valence-electron chi connectivity index (χ4n) is 3.11. The number of aromatic nitrogens is 1. The molecule has 0 bridgehead atoms. The third kappa shape index (κ3) is 2.51. The van der Waals surface area contributed by atoms with Gasteiger partial charge in [-0.3, -0.25) is 0 Å². The lowest BCUT2D eigenvalue weighted by Crippen LogP contribution is -2.27. The number of hydrogen-bond acceptors (Lipinski definition) is 2. The van der Waals surface area contributed by atoms with Gasteiger partial charge in [-0.1, -0.05) is 25.5 Å². The Balaban J connectivity index is 2.26. The largest absolute Gasteiger partial charge is 0.369 e. The molecule has 1 aliphatic carbocycles. The van der Waals surface area contributed by atoms with Crippen LogP contribution in [0.15, 0.2) is 28.4 Å². The normalized spacial score (nSPS) is 18.7. The third-order valence-electron chi connectivity index (χ3n) is 3.91. The number of hydrogen-bond donors (Lipinski definition) is 3. The number of H-pyrrole nitrogens is 1. The maximum absolute atomic E-state index is 5.42. The molecule has 5 heteroatoms. The molecule has 21 heavy (non-hydrogen) atoms. The van der Waals surface area contributed by atoms with Crippen LogP contribution >= 0.6 is 0 Å². The van der Waals surface area contributed by atoms with E-state index in [1.165, 1.54) is 16.6 Å². The van der Waals surface area contributed by atoms with Crippen molar-refractivity contribution in [2.75, 3.05) is 0 Å². The molecule has 5 N–H and O–H groups in total. The number of aryl methyl sites for hydroxylation is 1. The van der Waals surface area contributed by atoms with Gasteiger partial charge in [0, 0.05) is 22.2 Å². The summed E-state index contributed by atoms with van der Waals surface area (Å²) in [6.07, 6.45) is 1.86. The Kier molecular flexibility index (Phi) is 3.01. The lowest BCUT2D eigenvalue weighted by molar-refractivity contribution is 0.369. The molecule has 1 heterocycles. The number of fused-ring (bicyclic) bond motifs is 3. The summed E-state index contributed by atoms with van der Waals surface area (Å²) in [5, 5.41) is 9.37. The highest BCUT2D eigenvalue weighted by Gasteiger charge is 2.32. The number of nitrogens with one attached hydrogen (secondary N) is 1. The van der Waals surface area contributed by atoms with Crippen LogP contribution in [0.1, 0.15) is 37.1 Å². The van der Waals surface area contributed by atoms with Crippen molar-refractivity contribution in [1.82, 2.24) is 4.98 Å². The fourth-order valence-corrected chi connectivity index (χ4v) is 3.11. The van der Waals surface area contributed by atoms with E-state index < -0.39 is 0 Å². The zero-order chi connectivity index (χ0) is 15.2. The Morgan fingerprint density at radius 2 is 2.00 bits per heavy atom. The fraction of sp³-hybridized carbons (Fsp3) is 0.375. The molecule has 0 aliphatic heterocycles. The molecule has 0 saturated carbocycles. The molecule has 110 valence electrons. The average molecular weight is 283 g/mol. The van der Waals surface area contributed by atoms with Crippen LogP contribution in [0.4, 0.5) is 0 Å². The van der Waals surface area contributed by atoms with Gasteiger partial charge in [-0.2, -0.15) is 5.10 Å². The van der Waals surface area contributed by atoms with Gasteiger partial charge in [0.05, 0.1) is 5.71 Å². The van der Waals surface area contributed by atoms with Gasteiger partial charge in [0.1, 0.15) is 0 Å². The summed E-state index contributed by atoms with van der Waals surface area (Å²) < 4.78 is 0. The second kappa shape index (κ2) is 4.62. The van der Waals surface area contributed by atoms with Crippen molar-refractivity contribution >= 4 is 22.6 Å². The Morgan fingerprint density at radius 1 is 1.24 bits per heavy atom. The average Bonchev–Trinajstić information content (AvgIpc) is 2.71. The van der Waals surface area contributed by atoms with Crippen LogP contribution in [0.25, 0.3) is 10.9 Å². The molecule has 0 atom stereocenters. The summed E-state index contributed by atoms with van der Waals surface area (Å²) in [4.78, 5) is 3.52. The van der Waals surface area contributed by atoms with Crippen molar-refractivity contribution in [2.45, 2.75) is 33.6 Å². The van der Waals surface area contributed by atoms with E-state index in [1.807, 2.05) is 0 Å². The van der Waals surface area contributed by atoms with E-state index in [4.69, 9.17) is 11.5 Å². The number of benzene rings is 1. The van der Waals surface area contributed by atoms with Crippen LogP contribution in [0.2, 0.25) is 0 Å². The maximum Gasteiger partial charge on any atom is 0.211 e. The minimum atomic E-state index is -0.0107. The highest BCUT2D eigenvalue weighted by atomic mass is 15.3. The molecule has 0 unspecified atom stereocenters. The van der Waals surface area contributed by atoms with E-state index in [0.717, 1.165) is 29.6 Å². The molecule has 0 radical (unpaired) electrons. The highest BCUT2D eigenvalue weighted by Crippen LogP contribution is 2.38.